The molecule has 0 fully saturated rings. The molecule has 4 nitrogen and oxygen atoms in total. The SMILES string of the molecule is Cc1c(C2=NC(C)(C)CO2)sc2c1sc1c2sc2c3sc(C4=NC(C)(C)CO4)c(C)c3sc21. The maximum absolute atomic E-state index is 5.98. The molecule has 0 amide bonds. The lowest BCUT2D eigenvalue weighted by atomic mass is 10.1. The third kappa shape index (κ3) is 2.89. The zero-order chi connectivity index (χ0) is 22.9. The zero-order valence-electron chi connectivity index (χ0n) is 19.2. The fourth-order valence-corrected chi connectivity index (χ4v) is 12.0. The van der Waals surface area contributed by atoms with Crippen LogP contribution in [0.25, 0.3) is 37.6 Å². The van der Waals surface area contributed by atoms with Gasteiger partial charge >= 0.3 is 0 Å². The number of nitrogens with zero attached hydrogens (tertiary/aromatic N) is 2. The van der Waals surface area contributed by atoms with Crippen molar-refractivity contribution in [2.24, 2.45) is 9.98 Å². The lowest BCUT2D eigenvalue weighted by Gasteiger charge is -2.07. The minimum absolute atomic E-state index is 0.136. The van der Waals surface area contributed by atoms with E-state index in [2.05, 4.69) is 41.5 Å². The quantitative estimate of drug-likeness (QED) is 0.230. The van der Waals surface area contributed by atoms with Gasteiger partial charge in [-0.2, -0.15) is 0 Å². The number of hydrogen-bond acceptors (Lipinski definition) is 9. The summed E-state index contributed by atoms with van der Waals surface area (Å²) >= 11 is 9.50. The van der Waals surface area contributed by atoms with E-state index in [0.29, 0.717) is 13.2 Å². The van der Waals surface area contributed by atoms with Gasteiger partial charge < -0.3 is 9.47 Å². The van der Waals surface area contributed by atoms with E-state index in [0.717, 1.165) is 11.8 Å². The molecule has 0 aromatic carbocycles. The molecule has 0 saturated carbocycles. The van der Waals surface area contributed by atoms with Crippen molar-refractivity contribution in [3.8, 4) is 0 Å². The molecule has 2 aliphatic heterocycles. The van der Waals surface area contributed by atoms with E-state index >= 15 is 0 Å². The number of rotatable bonds is 2. The van der Waals surface area contributed by atoms with Gasteiger partial charge in [-0.3, -0.25) is 0 Å². The number of aryl methyl sites for hydroxylation is 2. The molecule has 7 rings (SSSR count). The number of thiophene rings is 5. The van der Waals surface area contributed by atoms with Crippen molar-refractivity contribution in [3.63, 3.8) is 0 Å². The van der Waals surface area contributed by atoms with Gasteiger partial charge in [0.25, 0.3) is 0 Å². The molecular weight excluding hydrogens is 509 g/mol. The van der Waals surface area contributed by atoms with E-state index in [9.17, 15) is 0 Å². The van der Waals surface area contributed by atoms with Gasteiger partial charge in [0.15, 0.2) is 0 Å². The van der Waals surface area contributed by atoms with Crippen molar-refractivity contribution in [2.45, 2.75) is 52.6 Å². The first-order chi connectivity index (χ1) is 15.6. The molecule has 5 aromatic rings. The molecule has 0 saturated heterocycles. The Bertz CT molecular complexity index is 1570. The lowest BCUT2D eigenvalue weighted by Crippen LogP contribution is -2.17. The zero-order valence-corrected chi connectivity index (χ0v) is 23.2. The van der Waals surface area contributed by atoms with Crippen LogP contribution in [0.5, 0.6) is 0 Å². The Labute approximate surface area is 211 Å². The van der Waals surface area contributed by atoms with Crippen LogP contribution >= 0.6 is 56.7 Å². The van der Waals surface area contributed by atoms with Crippen LogP contribution in [0.3, 0.4) is 0 Å². The first-order valence-electron chi connectivity index (χ1n) is 10.9. The molecule has 9 heteroatoms. The molecule has 0 atom stereocenters. The van der Waals surface area contributed by atoms with E-state index in [1.807, 2.05) is 56.7 Å². The second kappa shape index (κ2) is 6.57. The molecule has 0 aliphatic carbocycles. The summed E-state index contributed by atoms with van der Waals surface area (Å²) in [6, 6.07) is 0. The average molecular weight is 531 g/mol. The minimum Gasteiger partial charge on any atom is -0.474 e. The Kier molecular flexibility index (Phi) is 4.15. The van der Waals surface area contributed by atoms with Crippen molar-refractivity contribution >= 4 is 106 Å². The Morgan fingerprint density at radius 2 is 0.879 bits per heavy atom. The van der Waals surface area contributed by atoms with Crippen molar-refractivity contribution in [1.29, 1.82) is 0 Å². The minimum atomic E-state index is -0.136. The highest BCUT2D eigenvalue weighted by Gasteiger charge is 2.32. The standard InChI is InChI=1S/C24H22N2O2S5/c1-9-11-15(31-13(9)21-25-23(3,4)7-27-21)17-19(29-11)20-18(33-17)16-12(30-20)10(2)14(32-16)22-26-24(5,6)8-28-22/h7-8H2,1-6H3. The average Bonchev–Trinajstić information content (AvgIpc) is 3.54. The summed E-state index contributed by atoms with van der Waals surface area (Å²) < 4.78 is 23.2. The second-order valence-electron chi connectivity index (χ2n) is 10.1. The molecule has 170 valence electrons. The molecular formula is C24H22N2O2S5. The molecule has 0 spiro atoms. The van der Waals surface area contributed by atoms with Crippen LogP contribution in [0.15, 0.2) is 9.98 Å². The molecule has 7 heterocycles. The van der Waals surface area contributed by atoms with Crippen LogP contribution in [0.4, 0.5) is 0 Å². The third-order valence-electron chi connectivity index (χ3n) is 6.15. The number of fused-ring (bicyclic) bond motifs is 7. The van der Waals surface area contributed by atoms with Gasteiger partial charge in [-0.25, -0.2) is 9.98 Å². The predicted molar refractivity (Wildman–Crippen MR) is 148 cm³/mol. The van der Waals surface area contributed by atoms with Crippen molar-refractivity contribution < 1.29 is 9.47 Å². The van der Waals surface area contributed by atoms with Crippen LogP contribution in [0.1, 0.15) is 48.6 Å². The largest absolute Gasteiger partial charge is 0.474 e. The Hall–Kier alpha value is -1.52. The van der Waals surface area contributed by atoms with Gasteiger partial charge in [0.1, 0.15) is 13.2 Å². The molecule has 0 radical (unpaired) electrons. The number of hydrogen-bond donors (Lipinski definition) is 0. The van der Waals surface area contributed by atoms with Crippen LogP contribution in [0.2, 0.25) is 0 Å². The summed E-state index contributed by atoms with van der Waals surface area (Å²) in [5.74, 6) is 1.64. The van der Waals surface area contributed by atoms with Gasteiger partial charge in [-0.1, -0.05) is 0 Å². The molecule has 0 unspecified atom stereocenters. The Morgan fingerprint density at radius 3 is 1.21 bits per heavy atom. The molecule has 5 aromatic heterocycles. The molecule has 2 aliphatic rings. The third-order valence-corrected chi connectivity index (χ3v) is 13.5. The molecule has 0 bridgehead atoms. The fraction of sp³-hybridized carbons (Fsp3) is 0.417. The summed E-state index contributed by atoms with van der Waals surface area (Å²) in [6.45, 7) is 14.3. The van der Waals surface area contributed by atoms with Gasteiger partial charge in [0, 0.05) is 0 Å². The van der Waals surface area contributed by atoms with Crippen LogP contribution in [0, 0.1) is 13.8 Å². The lowest BCUT2D eigenvalue weighted by molar-refractivity contribution is 0.280. The fourth-order valence-electron chi connectivity index (χ4n) is 4.44. The smallest absolute Gasteiger partial charge is 0.227 e. The van der Waals surface area contributed by atoms with E-state index in [4.69, 9.17) is 19.5 Å². The predicted octanol–water partition coefficient (Wildman–Crippen LogP) is 8.33. The molecule has 0 N–H and O–H groups in total. The highest BCUT2D eigenvalue weighted by molar-refractivity contribution is 7.48. The summed E-state index contributed by atoms with van der Waals surface area (Å²) in [4.78, 5) is 12.1. The summed E-state index contributed by atoms with van der Waals surface area (Å²) in [5, 5.41) is 0. The van der Waals surface area contributed by atoms with Crippen molar-refractivity contribution in [2.75, 3.05) is 13.2 Å². The van der Waals surface area contributed by atoms with Gasteiger partial charge in [0.05, 0.1) is 58.4 Å². The Balaban J connectivity index is 1.41. The van der Waals surface area contributed by atoms with Crippen LogP contribution in [-0.4, -0.2) is 36.1 Å². The summed E-state index contributed by atoms with van der Waals surface area (Å²) in [5.41, 5.74) is 2.35. The van der Waals surface area contributed by atoms with Crippen LogP contribution in [-0.2, 0) is 9.47 Å². The van der Waals surface area contributed by atoms with E-state index in [1.165, 1.54) is 58.5 Å². The summed E-state index contributed by atoms with van der Waals surface area (Å²) in [7, 11) is 0. The van der Waals surface area contributed by atoms with Crippen molar-refractivity contribution in [3.05, 3.63) is 20.9 Å². The maximum atomic E-state index is 5.98. The topological polar surface area (TPSA) is 43.2 Å². The normalized spacial score (nSPS) is 19.7. The van der Waals surface area contributed by atoms with Gasteiger partial charge in [0.2, 0.25) is 11.8 Å². The Morgan fingerprint density at radius 1 is 0.545 bits per heavy atom. The first kappa shape index (κ1) is 20.8. The monoisotopic (exact) mass is 530 g/mol. The van der Waals surface area contributed by atoms with E-state index in [-0.39, 0.29) is 11.1 Å². The highest BCUT2D eigenvalue weighted by atomic mass is 32.1. The highest BCUT2D eigenvalue weighted by Crippen LogP contribution is 2.55. The number of aliphatic imine (C=N–C) groups is 2. The first-order valence-corrected chi connectivity index (χ1v) is 15.0. The summed E-state index contributed by atoms with van der Waals surface area (Å²) in [6.07, 6.45) is 0. The van der Waals surface area contributed by atoms with Gasteiger partial charge in [-0.05, 0) is 52.7 Å². The van der Waals surface area contributed by atoms with Crippen molar-refractivity contribution in [1.82, 2.24) is 0 Å². The second-order valence-corrected chi connectivity index (χ2v) is 15.2. The number of ether oxygens (including phenoxy) is 2. The maximum Gasteiger partial charge on any atom is 0.227 e. The van der Waals surface area contributed by atoms with E-state index < -0.39 is 0 Å². The molecule has 33 heavy (non-hydrogen) atoms. The van der Waals surface area contributed by atoms with Gasteiger partial charge in [-0.15, -0.1) is 56.7 Å². The van der Waals surface area contributed by atoms with E-state index in [1.54, 1.807) is 0 Å². The van der Waals surface area contributed by atoms with Crippen LogP contribution < -0.4 is 0 Å².